The van der Waals surface area contributed by atoms with Crippen LogP contribution in [-0.2, 0) is 11.3 Å². The normalized spacial score (nSPS) is 14.5. The molecule has 2 aromatic carbocycles. The highest BCUT2D eigenvalue weighted by Crippen LogP contribution is 2.29. The summed E-state index contributed by atoms with van der Waals surface area (Å²) in [4.78, 5) is 22.8. The predicted molar refractivity (Wildman–Crippen MR) is 116 cm³/mol. The maximum absolute atomic E-state index is 12.6. The highest BCUT2D eigenvalue weighted by molar-refractivity contribution is 6.10. The van der Waals surface area contributed by atoms with Gasteiger partial charge in [-0.3, -0.25) is 4.79 Å². The standard InChI is InChI=1S/C22H22N6O2/c23-20-19-16-7-8-28(18(16)6-5-17(19)25-22(24)26-20)13-14-1-3-15(4-2-14)21(29)27-9-11-30-12-10-27/h1-8H,9-13H2,(H4,23,24,25,26). The van der Waals surface area contributed by atoms with Gasteiger partial charge >= 0.3 is 0 Å². The average molecular weight is 402 g/mol. The van der Waals surface area contributed by atoms with Crippen molar-refractivity contribution in [2.45, 2.75) is 6.54 Å². The van der Waals surface area contributed by atoms with Gasteiger partial charge < -0.3 is 25.7 Å². The van der Waals surface area contributed by atoms with Gasteiger partial charge in [-0.25, -0.2) is 4.98 Å². The summed E-state index contributed by atoms with van der Waals surface area (Å²) in [6.45, 7) is 3.16. The zero-order valence-corrected chi connectivity index (χ0v) is 16.4. The van der Waals surface area contributed by atoms with Gasteiger partial charge in [0.15, 0.2) is 0 Å². The zero-order valence-electron chi connectivity index (χ0n) is 16.4. The van der Waals surface area contributed by atoms with Gasteiger partial charge in [-0.1, -0.05) is 12.1 Å². The number of hydrogen-bond donors (Lipinski definition) is 2. The molecule has 0 saturated carbocycles. The third-order valence-corrected chi connectivity index (χ3v) is 5.51. The van der Waals surface area contributed by atoms with Crippen LogP contribution in [0.4, 0.5) is 11.8 Å². The zero-order chi connectivity index (χ0) is 20.7. The van der Waals surface area contributed by atoms with E-state index in [1.165, 1.54) is 0 Å². The number of ether oxygens (including phenoxy) is 1. The molecule has 3 heterocycles. The number of nitrogen functional groups attached to an aromatic ring is 2. The molecule has 1 aliphatic rings. The molecule has 30 heavy (non-hydrogen) atoms. The van der Waals surface area contributed by atoms with E-state index in [0.29, 0.717) is 44.2 Å². The highest BCUT2D eigenvalue weighted by atomic mass is 16.5. The minimum Gasteiger partial charge on any atom is -0.383 e. The number of carbonyl (C=O) groups is 1. The molecular formula is C22H22N6O2. The second-order valence-corrected chi connectivity index (χ2v) is 7.40. The monoisotopic (exact) mass is 402 g/mol. The van der Waals surface area contributed by atoms with Crippen LogP contribution in [0.2, 0.25) is 0 Å². The lowest BCUT2D eigenvalue weighted by Gasteiger charge is -2.26. The van der Waals surface area contributed by atoms with E-state index < -0.39 is 0 Å². The summed E-state index contributed by atoms with van der Waals surface area (Å²) in [5.41, 5.74) is 15.4. The molecular weight excluding hydrogens is 380 g/mol. The van der Waals surface area contributed by atoms with Crippen LogP contribution in [0.1, 0.15) is 15.9 Å². The highest BCUT2D eigenvalue weighted by Gasteiger charge is 2.18. The molecule has 0 unspecified atom stereocenters. The topological polar surface area (TPSA) is 112 Å². The number of anilines is 2. The van der Waals surface area contributed by atoms with Crippen molar-refractivity contribution in [1.82, 2.24) is 19.4 Å². The third-order valence-electron chi connectivity index (χ3n) is 5.51. The van der Waals surface area contributed by atoms with Crippen LogP contribution in [0.15, 0.2) is 48.7 Å². The number of fused-ring (bicyclic) bond motifs is 3. The van der Waals surface area contributed by atoms with Gasteiger partial charge in [-0.2, -0.15) is 4.98 Å². The SMILES string of the molecule is Nc1nc(N)c2c(ccc3c2ccn3Cc2ccc(C(=O)N3CCOCC3)cc2)n1. The Balaban J connectivity index is 1.42. The number of nitrogens with two attached hydrogens (primary N) is 2. The largest absolute Gasteiger partial charge is 0.383 e. The van der Waals surface area contributed by atoms with Gasteiger partial charge in [0.05, 0.1) is 24.1 Å². The first kappa shape index (κ1) is 18.4. The van der Waals surface area contributed by atoms with E-state index in [2.05, 4.69) is 14.5 Å². The van der Waals surface area contributed by atoms with Crippen LogP contribution in [-0.4, -0.2) is 51.6 Å². The molecule has 2 aromatic heterocycles. The van der Waals surface area contributed by atoms with Crippen molar-refractivity contribution < 1.29 is 9.53 Å². The molecule has 1 saturated heterocycles. The number of benzene rings is 2. The molecule has 0 aliphatic carbocycles. The number of amides is 1. The molecule has 5 rings (SSSR count). The second-order valence-electron chi connectivity index (χ2n) is 7.40. The van der Waals surface area contributed by atoms with Gasteiger partial charge in [-0.05, 0) is 35.9 Å². The molecule has 0 bridgehead atoms. The second kappa shape index (κ2) is 7.31. The molecule has 0 atom stereocenters. The molecule has 1 fully saturated rings. The van der Waals surface area contributed by atoms with Crippen molar-refractivity contribution in [1.29, 1.82) is 0 Å². The van der Waals surface area contributed by atoms with Crippen molar-refractivity contribution in [3.63, 3.8) is 0 Å². The summed E-state index contributed by atoms with van der Waals surface area (Å²) in [7, 11) is 0. The molecule has 4 N–H and O–H groups in total. The van der Waals surface area contributed by atoms with Gasteiger partial charge in [0, 0.05) is 42.3 Å². The quantitative estimate of drug-likeness (QED) is 0.544. The van der Waals surface area contributed by atoms with Crippen molar-refractivity contribution in [3.05, 3.63) is 59.8 Å². The van der Waals surface area contributed by atoms with Crippen molar-refractivity contribution in [2.24, 2.45) is 0 Å². The van der Waals surface area contributed by atoms with E-state index >= 15 is 0 Å². The number of nitrogens with zero attached hydrogens (tertiary/aromatic N) is 4. The number of aromatic nitrogens is 3. The molecule has 1 aliphatic heterocycles. The van der Waals surface area contributed by atoms with Gasteiger partial charge in [-0.15, -0.1) is 0 Å². The Morgan fingerprint density at radius 3 is 2.53 bits per heavy atom. The first-order valence-electron chi connectivity index (χ1n) is 9.86. The Labute approximate surface area is 173 Å². The molecule has 8 heteroatoms. The lowest BCUT2D eigenvalue weighted by atomic mass is 10.1. The molecule has 152 valence electrons. The van der Waals surface area contributed by atoms with Crippen LogP contribution in [0, 0.1) is 0 Å². The number of rotatable bonds is 3. The molecule has 0 spiro atoms. The van der Waals surface area contributed by atoms with Gasteiger partial charge in [0.25, 0.3) is 5.91 Å². The van der Waals surface area contributed by atoms with Crippen molar-refractivity contribution in [3.8, 4) is 0 Å². The molecule has 0 radical (unpaired) electrons. The number of hydrogen-bond acceptors (Lipinski definition) is 6. The molecule has 1 amide bonds. The van der Waals surface area contributed by atoms with E-state index in [1.807, 2.05) is 53.6 Å². The predicted octanol–water partition coefficient (Wildman–Crippen LogP) is 2.27. The average Bonchev–Trinajstić information content (AvgIpc) is 3.16. The van der Waals surface area contributed by atoms with Gasteiger partial charge in [0.2, 0.25) is 5.95 Å². The Bertz CT molecular complexity index is 1240. The summed E-state index contributed by atoms with van der Waals surface area (Å²) >= 11 is 0. The third kappa shape index (κ3) is 3.21. The van der Waals surface area contributed by atoms with Crippen molar-refractivity contribution >= 4 is 39.5 Å². The van der Waals surface area contributed by atoms with Gasteiger partial charge in [0.1, 0.15) is 5.82 Å². The molecule has 4 aromatic rings. The van der Waals surface area contributed by atoms with E-state index in [4.69, 9.17) is 16.2 Å². The lowest BCUT2D eigenvalue weighted by Crippen LogP contribution is -2.40. The summed E-state index contributed by atoms with van der Waals surface area (Å²) in [5, 5.41) is 1.80. The van der Waals surface area contributed by atoms with Crippen LogP contribution in [0.3, 0.4) is 0 Å². The molecule has 8 nitrogen and oxygen atoms in total. The van der Waals surface area contributed by atoms with Crippen LogP contribution in [0.5, 0.6) is 0 Å². The summed E-state index contributed by atoms with van der Waals surface area (Å²) < 4.78 is 7.46. The minimum absolute atomic E-state index is 0.0532. The fourth-order valence-corrected chi connectivity index (χ4v) is 3.99. The fourth-order valence-electron chi connectivity index (χ4n) is 3.99. The van der Waals surface area contributed by atoms with Crippen LogP contribution in [0.25, 0.3) is 21.8 Å². The number of carbonyl (C=O) groups excluding carboxylic acids is 1. The number of morpholine rings is 1. The summed E-state index contributed by atoms with van der Waals surface area (Å²) in [6.07, 6.45) is 2.02. The van der Waals surface area contributed by atoms with Crippen LogP contribution >= 0.6 is 0 Å². The maximum atomic E-state index is 12.6. The van der Waals surface area contributed by atoms with E-state index in [-0.39, 0.29) is 11.9 Å². The van der Waals surface area contributed by atoms with E-state index in [9.17, 15) is 4.79 Å². The van der Waals surface area contributed by atoms with E-state index in [0.717, 1.165) is 27.4 Å². The Kier molecular flexibility index (Phi) is 4.48. The Morgan fingerprint density at radius 2 is 1.77 bits per heavy atom. The smallest absolute Gasteiger partial charge is 0.254 e. The van der Waals surface area contributed by atoms with E-state index in [1.54, 1.807) is 0 Å². The first-order valence-corrected chi connectivity index (χ1v) is 9.86. The first-order chi connectivity index (χ1) is 14.6. The van der Waals surface area contributed by atoms with Crippen molar-refractivity contribution in [2.75, 3.05) is 37.8 Å². The lowest BCUT2D eigenvalue weighted by molar-refractivity contribution is 0.0303. The summed E-state index contributed by atoms with van der Waals surface area (Å²) in [5.74, 6) is 0.606. The Morgan fingerprint density at radius 1 is 1.00 bits per heavy atom. The summed E-state index contributed by atoms with van der Waals surface area (Å²) in [6, 6.07) is 13.7. The Hall–Kier alpha value is -3.65. The fraction of sp³-hybridized carbons (Fsp3) is 0.227. The van der Waals surface area contributed by atoms with Crippen LogP contribution < -0.4 is 11.5 Å². The minimum atomic E-state index is 0.0532. The maximum Gasteiger partial charge on any atom is 0.254 e.